The molecule has 0 N–H and O–H groups in total. The summed E-state index contributed by atoms with van der Waals surface area (Å²) in [5, 5.41) is 4.25. The van der Waals surface area contributed by atoms with Gasteiger partial charge in [0.1, 0.15) is 0 Å². The van der Waals surface area contributed by atoms with Crippen LogP contribution in [0.5, 0.6) is 5.88 Å². The second kappa shape index (κ2) is 2.81. The molecule has 0 atom stereocenters. The standard InChI is InChI=1S/C9H16N2O/c1-7-6-10-11(8(7)12-5)9(2,3)4/h6H,1-5H3. The van der Waals surface area contributed by atoms with Crippen LogP contribution in [0.15, 0.2) is 6.20 Å². The zero-order valence-electron chi connectivity index (χ0n) is 8.38. The van der Waals surface area contributed by atoms with Gasteiger partial charge in [0.05, 0.1) is 18.8 Å². The van der Waals surface area contributed by atoms with E-state index in [4.69, 9.17) is 4.74 Å². The molecule has 0 saturated carbocycles. The molecule has 0 aromatic carbocycles. The van der Waals surface area contributed by atoms with Gasteiger partial charge in [0.15, 0.2) is 0 Å². The monoisotopic (exact) mass is 168 g/mol. The number of rotatable bonds is 1. The van der Waals surface area contributed by atoms with Crippen LogP contribution in [0.3, 0.4) is 0 Å². The number of aryl methyl sites for hydroxylation is 1. The summed E-state index contributed by atoms with van der Waals surface area (Å²) in [5.41, 5.74) is 1.06. The molecule has 1 rings (SSSR count). The van der Waals surface area contributed by atoms with Crippen LogP contribution in [0.25, 0.3) is 0 Å². The van der Waals surface area contributed by atoms with Crippen LogP contribution in [-0.4, -0.2) is 16.9 Å². The molecular weight excluding hydrogens is 152 g/mol. The molecule has 68 valence electrons. The Kier molecular flexibility index (Phi) is 2.13. The lowest BCUT2D eigenvalue weighted by Crippen LogP contribution is -2.23. The molecule has 1 aromatic heterocycles. The topological polar surface area (TPSA) is 27.1 Å². The Morgan fingerprint density at radius 3 is 2.33 bits per heavy atom. The third-order valence-electron chi connectivity index (χ3n) is 1.73. The van der Waals surface area contributed by atoms with Gasteiger partial charge < -0.3 is 4.74 Å². The average molecular weight is 168 g/mol. The zero-order chi connectivity index (χ0) is 9.35. The number of hydrogen-bond acceptors (Lipinski definition) is 2. The molecule has 0 spiro atoms. The zero-order valence-corrected chi connectivity index (χ0v) is 8.38. The van der Waals surface area contributed by atoms with E-state index >= 15 is 0 Å². The number of ether oxygens (including phenoxy) is 1. The van der Waals surface area contributed by atoms with Gasteiger partial charge in [-0.25, -0.2) is 4.68 Å². The lowest BCUT2D eigenvalue weighted by molar-refractivity contribution is 0.281. The van der Waals surface area contributed by atoms with Crippen molar-refractivity contribution in [3.8, 4) is 5.88 Å². The van der Waals surface area contributed by atoms with Crippen LogP contribution in [-0.2, 0) is 5.54 Å². The average Bonchev–Trinajstić information content (AvgIpc) is 2.29. The fourth-order valence-electron chi connectivity index (χ4n) is 1.14. The SMILES string of the molecule is COc1c(C)cnn1C(C)(C)C. The van der Waals surface area contributed by atoms with Crippen LogP contribution in [0.1, 0.15) is 26.3 Å². The van der Waals surface area contributed by atoms with Crippen molar-refractivity contribution in [3.05, 3.63) is 11.8 Å². The first kappa shape index (κ1) is 9.10. The van der Waals surface area contributed by atoms with Crippen molar-refractivity contribution in [1.29, 1.82) is 0 Å². The van der Waals surface area contributed by atoms with E-state index in [1.807, 2.05) is 17.8 Å². The first-order chi connectivity index (χ1) is 5.46. The molecular formula is C9H16N2O. The van der Waals surface area contributed by atoms with Crippen LogP contribution >= 0.6 is 0 Å². The van der Waals surface area contributed by atoms with E-state index < -0.39 is 0 Å². The van der Waals surface area contributed by atoms with E-state index in [2.05, 4.69) is 25.9 Å². The molecule has 12 heavy (non-hydrogen) atoms. The van der Waals surface area contributed by atoms with E-state index in [1.54, 1.807) is 7.11 Å². The molecule has 0 aliphatic heterocycles. The van der Waals surface area contributed by atoms with Gasteiger partial charge in [0.25, 0.3) is 0 Å². The largest absolute Gasteiger partial charge is 0.481 e. The number of methoxy groups -OCH3 is 1. The normalized spacial score (nSPS) is 11.8. The van der Waals surface area contributed by atoms with Gasteiger partial charge in [-0.3, -0.25) is 0 Å². The maximum absolute atomic E-state index is 5.24. The van der Waals surface area contributed by atoms with Crippen molar-refractivity contribution in [2.75, 3.05) is 7.11 Å². The summed E-state index contributed by atoms with van der Waals surface area (Å²) in [7, 11) is 1.67. The molecule has 3 nitrogen and oxygen atoms in total. The van der Waals surface area contributed by atoms with E-state index in [0.29, 0.717) is 0 Å². The first-order valence-corrected chi connectivity index (χ1v) is 4.06. The summed E-state index contributed by atoms with van der Waals surface area (Å²) in [6.07, 6.45) is 1.82. The van der Waals surface area contributed by atoms with Crippen molar-refractivity contribution in [3.63, 3.8) is 0 Å². The molecule has 1 heterocycles. The predicted octanol–water partition coefficient (Wildman–Crippen LogP) is 1.96. The van der Waals surface area contributed by atoms with Crippen molar-refractivity contribution in [2.45, 2.75) is 33.2 Å². The highest BCUT2D eigenvalue weighted by Gasteiger charge is 2.19. The minimum atomic E-state index is -0.0143. The molecule has 0 aliphatic carbocycles. The number of nitrogens with zero attached hydrogens (tertiary/aromatic N) is 2. The minimum Gasteiger partial charge on any atom is -0.481 e. The van der Waals surface area contributed by atoms with Gasteiger partial charge in [0, 0.05) is 5.56 Å². The lowest BCUT2D eigenvalue weighted by Gasteiger charge is -2.21. The van der Waals surface area contributed by atoms with Crippen molar-refractivity contribution in [2.24, 2.45) is 0 Å². The summed E-state index contributed by atoms with van der Waals surface area (Å²) < 4.78 is 7.13. The highest BCUT2D eigenvalue weighted by atomic mass is 16.5. The highest BCUT2D eigenvalue weighted by molar-refractivity contribution is 5.23. The number of hydrogen-bond donors (Lipinski definition) is 0. The lowest BCUT2D eigenvalue weighted by atomic mass is 10.1. The molecule has 0 radical (unpaired) electrons. The smallest absolute Gasteiger partial charge is 0.214 e. The second-order valence-electron chi connectivity index (χ2n) is 3.92. The molecule has 0 bridgehead atoms. The summed E-state index contributed by atoms with van der Waals surface area (Å²) in [5.74, 6) is 0.850. The van der Waals surface area contributed by atoms with E-state index in [0.717, 1.165) is 11.4 Å². The first-order valence-electron chi connectivity index (χ1n) is 4.06. The summed E-state index contributed by atoms with van der Waals surface area (Å²) in [6.45, 7) is 8.29. The Labute approximate surface area is 73.3 Å². The van der Waals surface area contributed by atoms with Crippen LogP contribution in [0.4, 0.5) is 0 Å². The highest BCUT2D eigenvalue weighted by Crippen LogP contribution is 2.24. The Morgan fingerprint density at radius 1 is 1.42 bits per heavy atom. The maximum Gasteiger partial charge on any atom is 0.214 e. The van der Waals surface area contributed by atoms with Gasteiger partial charge in [-0.15, -0.1) is 0 Å². The van der Waals surface area contributed by atoms with Crippen LogP contribution < -0.4 is 4.74 Å². The fourth-order valence-corrected chi connectivity index (χ4v) is 1.14. The van der Waals surface area contributed by atoms with Gasteiger partial charge >= 0.3 is 0 Å². The van der Waals surface area contributed by atoms with Crippen LogP contribution in [0, 0.1) is 6.92 Å². The molecule has 0 amide bonds. The Hall–Kier alpha value is -0.990. The van der Waals surface area contributed by atoms with Gasteiger partial charge in [-0.2, -0.15) is 5.10 Å². The van der Waals surface area contributed by atoms with Crippen molar-refractivity contribution >= 4 is 0 Å². The quantitative estimate of drug-likeness (QED) is 0.641. The van der Waals surface area contributed by atoms with Gasteiger partial charge in [0.2, 0.25) is 5.88 Å². The predicted molar refractivity (Wildman–Crippen MR) is 48.5 cm³/mol. The van der Waals surface area contributed by atoms with E-state index in [1.165, 1.54) is 0 Å². The van der Waals surface area contributed by atoms with Crippen LogP contribution in [0.2, 0.25) is 0 Å². The summed E-state index contributed by atoms with van der Waals surface area (Å²) in [6, 6.07) is 0. The molecule has 1 aromatic rings. The van der Waals surface area contributed by atoms with Gasteiger partial charge in [-0.05, 0) is 27.7 Å². The van der Waals surface area contributed by atoms with Crippen molar-refractivity contribution < 1.29 is 4.74 Å². The minimum absolute atomic E-state index is 0.0143. The molecule has 0 saturated heterocycles. The Balaban J connectivity index is 3.16. The summed E-state index contributed by atoms with van der Waals surface area (Å²) in [4.78, 5) is 0. The third kappa shape index (κ3) is 1.44. The third-order valence-corrected chi connectivity index (χ3v) is 1.73. The van der Waals surface area contributed by atoms with Crippen molar-refractivity contribution in [1.82, 2.24) is 9.78 Å². The van der Waals surface area contributed by atoms with Gasteiger partial charge in [-0.1, -0.05) is 0 Å². The number of aromatic nitrogens is 2. The second-order valence-corrected chi connectivity index (χ2v) is 3.92. The molecule has 0 fully saturated rings. The molecule has 0 aliphatic rings. The summed E-state index contributed by atoms with van der Waals surface area (Å²) >= 11 is 0. The van der Waals surface area contributed by atoms with E-state index in [9.17, 15) is 0 Å². The molecule has 3 heteroatoms. The molecule has 0 unspecified atom stereocenters. The Morgan fingerprint density at radius 2 is 2.00 bits per heavy atom. The fraction of sp³-hybridized carbons (Fsp3) is 0.667. The Bertz CT molecular complexity index is 271. The van der Waals surface area contributed by atoms with E-state index in [-0.39, 0.29) is 5.54 Å². The maximum atomic E-state index is 5.24.